The van der Waals surface area contributed by atoms with Crippen LogP contribution in [-0.4, -0.2) is 33.9 Å². The number of aliphatic hydroxyl groups excluding tert-OH is 1. The highest BCUT2D eigenvalue weighted by Crippen LogP contribution is 2.24. The maximum Gasteiger partial charge on any atom is 0.330 e. The second-order valence-corrected chi connectivity index (χ2v) is 5.12. The van der Waals surface area contributed by atoms with Crippen molar-refractivity contribution in [3.8, 4) is 0 Å². The number of aliphatic hydroxyl groups is 1. The van der Waals surface area contributed by atoms with Crippen molar-refractivity contribution >= 4 is 11.5 Å². The molecule has 1 aliphatic heterocycles. The van der Waals surface area contributed by atoms with E-state index in [4.69, 9.17) is 5.73 Å². The first-order chi connectivity index (χ1) is 9.60. The zero-order chi connectivity index (χ0) is 14.7. The average Bonchev–Trinajstić information content (AvgIpc) is 2.64. The largest absolute Gasteiger partial charge is 0.394 e. The second kappa shape index (κ2) is 6.13. The van der Waals surface area contributed by atoms with Gasteiger partial charge >= 0.3 is 5.69 Å². The van der Waals surface area contributed by atoms with E-state index in [2.05, 4.69) is 4.98 Å². The van der Waals surface area contributed by atoms with Gasteiger partial charge in [-0.1, -0.05) is 12.8 Å². The van der Waals surface area contributed by atoms with Gasteiger partial charge in [-0.15, -0.1) is 0 Å². The number of anilines is 2. The Morgan fingerprint density at radius 2 is 2.10 bits per heavy atom. The molecule has 7 nitrogen and oxygen atoms in total. The first kappa shape index (κ1) is 14.6. The summed E-state index contributed by atoms with van der Waals surface area (Å²) in [5.74, 6) is 0.182. The fourth-order valence-corrected chi connectivity index (χ4v) is 2.83. The van der Waals surface area contributed by atoms with E-state index in [0.29, 0.717) is 18.8 Å². The Hall–Kier alpha value is -1.76. The van der Waals surface area contributed by atoms with Gasteiger partial charge < -0.3 is 15.7 Å². The minimum atomic E-state index is -0.492. The molecule has 1 atom stereocenters. The Balaban J connectivity index is 2.55. The third kappa shape index (κ3) is 2.58. The number of hydrogen-bond acceptors (Lipinski definition) is 5. The summed E-state index contributed by atoms with van der Waals surface area (Å²) in [5, 5.41) is 9.55. The van der Waals surface area contributed by atoms with Crippen LogP contribution in [0.15, 0.2) is 9.59 Å². The Bertz CT molecular complexity index is 578. The van der Waals surface area contributed by atoms with E-state index in [1.54, 1.807) is 6.92 Å². The van der Waals surface area contributed by atoms with Crippen molar-refractivity contribution in [1.29, 1.82) is 0 Å². The maximum absolute atomic E-state index is 12.1. The van der Waals surface area contributed by atoms with Crippen LogP contribution in [0.1, 0.15) is 32.6 Å². The first-order valence-electron chi connectivity index (χ1n) is 7.10. The molecule has 0 radical (unpaired) electrons. The lowest BCUT2D eigenvalue weighted by molar-refractivity contribution is 0.255. The van der Waals surface area contributed by atoms with Crippen LogP contribution in [0.2, 0.25) is 0 Å². The van der Waals surface area contributed by atoms with Crippen LogP contribution in [0.5, 0.6) is 0 Å². The highest BCUT2D eigenvalue weighted by atomic mass is 16.3. The van der Waals surface area contributed by atoms with E-state index in [-0.39, 0.29) is 18.5 Å². The summed E-state index contributed by atoms with van der Waals surface area (Å²) in [5.41, 5.74) is 5.36. The lowest BCUT2D eigenvalue weighted by Gasteiger charge is -2.31. The van der Waals surface area contributed by atoms with Gasteiger partial charge in [-0.3, -0.25) is 14.3 Å². The van der Waals surface area contributed by atoms with Crippen molar-refractivity contribution in [3.05, 3.63) is 20.8 Å². The molecule has 1 aromatic heterocycles. The van der Waals surface area contributed by atoms with Gasteiger partial charge in [-0.05, 0) is 19.8 Å². The minimum Gasteiger partial charge on any atom is -0.394 e. The molecule has 0 amide bonds. The van der Waals surface area contributed by atoms with Crippen LogP contribution in [0.3, 0.4) is 0 Å². The molecular formula is C13H22N4O3. The van der Waals surface area contributed by atoms with E-state index in [1.807, 2.05) is 4.90 Å². The molecule has 7 heteroatoms. The zero-order valence-corrected chi connectivity index (χ0v) is 11.8. The van der Waals surface area contributed by atoms with E-state index in [9.17, 15) is 14.7 Å². The normalized spacial score (nSPS) is 19.9. The number of hydrogen-bond donors (Lipinski definition) is 3. The Labute approximate surface area is 117 Å². The fourth-order valence-electron chi connectivity index (χ4n) is 2.83. The monoisotopic (exact) mass is 282 g/mol. The Kier molecular flexibility index (Phi) is 4.49. The van der Waals surface area contributed by atoms with E-state index in [0.717, 1.165) is 25.7 Å². The molecule has 1 fully saturated rings. The highest BCUT2D eigenvalue weighted by Gasteiger charge is 2.26. The molecule has 0 aromatic carbocycles. The third-order valence-corrected chi connectivity index (χ3v) is 3.91. The van der Waals surface area contributed by atoms with Gasteiger partial charge in [0.25, 0.3) is 5.56 Å². The second-order valence-electron chi connectivity index (χ2n) is 5.12. The molecule has 1 unspecified atom stereocenters. The SMILES string of the molecule is CCn1c(N)c(N2CCCCCC2CO)c(=O)[nH]c1=O. The van der Waals surface area contributed by atoms with Gasteiger partial charge in [0.15, 0.2) is 0 Å². The van der Waals surface area contributed by atoms with Crippen LogP contribution >= 0.6 is 0 Å². The third-order valence-electron chi connectivity index (χ3n) is 3.91. The molecule has 1 aliphatic rings. The van der Waals surface area contributed by atoms with Crippen LogP contribution in [0.4, 0.5) is 11.5 Å². The quantitative estimate of drug-likeness (QED) is 0.717. The van der Waals surface area contributed by atoms with E-state index >= 15 is 0 Å². The number of rotatable bonds is 3. The van der Waals surface area contributed by atoms with Crippen molar-refractivity contribution < 1.29 is 5.11 Å². The topological polar surface area (TPSA) is 104 Å². The lowest BCUT2D eigenvalue weighted by atomic mass is 10.1. The predicted octanol–water partition coefficient (Wildman–Crippen LogP) is -0.120. The standard InChI is InChI=1S/C13H22N4O3/c1-2-16-11(14)10(12(19)15-13(16)20)17-7-5-3-4-6-9(17)8-18/h9,18H,2-8,14H2,1H3,(H,15,19,20). The first-order valence-corrected chi connectivity index (χ1v) is 7.10. The fraction of sp³-hybridized carbons (Fsp3) is 0.692. The summed E-state index contributed by atoms with van der Waals surface area (Å²) in [4.78, 5) is 28.0. The van der Waals surface area contributed by atoms with Gasteiger partial charge in [-0.2, -0.15) is 0 Å². The molecule has 0 bridgehead atoms. The summed E-state index contributed by atoms with van der Waals surface area (Å²) in [6, 6.07) is -0.122. The summed E-state index contributed by atoms with van der Waals surface area (Å²) in [6.07, 6.45) is 3.85. The highest BCUT2D eigenvalue weighted by molar-refractivity contribution is 5.63. The predicted molar refractivity (Wildman–Crippen MR) is 78.1 cm³/mol. The molecule has 20 heavy (non-hydrogen) atoms. The number of aromatic nitrogens is 2. The number of nitrogen functional groups attached to an aromatic ring is 1. The molecule has 2 heterocycles. The molecular weight excluding hydrogens is 260 g/mol. The molecule has 0 spiro atoms. The zero-order valence-electron chi connectivity index (χ0n) is 11.8. The van der Waals surface area contributed by atoms with Crippen LogP contribution in [-0.2, 0) is 6.54 Å². The van der Waals surface area contributed by atoms with Crippen molar-refractivity contribution in [2.45, 2.75) is 45.2 Å². The van der Waals surface area contributed by atoms with Crippen molar-refractivity contribution in [2.75, 3.05) is 23.8 Å². The number of nitrogens with one attached hydrogen (secondary N) is 1. The molecule has 0 aliphatic carbocycles. The van der Waals surface area contributed by atoms with Crippen molar-refractivity contribution in [3.63, 3.8) is 0 Å². The molecule has 1 aromatic rings. The number of H-pyrrole nitrogens is 1. The molecule has 0 saturated carbocycles. The van der Waals surface area contributed by atoms with E-state index in [1.165, 1.54) is 4.57 Å². The Morgan fingerprint density at radius 3 is 2.75 bits per heavy atom. The summed E-state index contributed by atoms with van der Waals surface area (Å²) < 4.78 is 1.34. The lowest BCUT2D eigenvalue weighted by Crippen LogP contribution is -2.44. The molecule has 4 N–H and O–H groups in total. The summed E-state index contributed by atoms with van der Waals surface area (Å²) >= 11 is 0. The van der Waals surface area contributed by atoms with Crippen LogP contribution < -0.4 is 21.9 Å². The maximum atomic E-state index is 12.1. The Morgan fingerprint density at radius 1 is 1.35 bits per heavy atom. The van der Waals surface area contributed by atoms with E-state index < -0.39 is 11.2 Å². The molecule has 2 rings (SSSR count). The summed E-state index contributed by atoms with van der Waals surface area (Å²) in [7, 11) is 0. The van der Waals surface area contributed by atoms with Gasteiger partial charge in [0.2, 0.25) is 0 Å². The number of nitrogens with zero attached hydrogens (tertiary/aromatic N) is 2. The van der Waals surface area contributed by atoms with Crippen molar-refractivity contribution in [1.82, 2.24) is 9.55 Å². The van der Waals surface area contributed by atoms with Crippen molar-refractivity contribution in [2.24, 2.45) is 0 Å². The van der Waals surface area contributed by atoms with Gasteiger partial charge in [-0.25, -0.2) is 4.79 Å². The summed E-state index contributed by atoms with van der Waals surface area (Å²) in [6.45, 7) is 2.84. The average molecular weight is 282 g/mol. The molecule has 112 valence electrons. The van der Waals surface area contributed by atoms with Crippen LogP contribution in [0, 0.1) is 0 Å². The van der Waals surface area contributed by atoms with Gasteiger partial charge in [0.1, 0.15) is 11.5 Å². The smallest absolute Gasteiger partial charge is 0.330 e. The number of nitrogens with two attached hydrogens (primary N) is 1. The van der Waals surface area contributed by atoms with Gasteiger partial charge in [0, 0.05) is 13.1 Å². The molecule has 1 saturated heterocycles. The number of aromatic amines is 1. The van der Waals surface area contributed by atoms with Gasteiger partial charge in [0.05, 0.1) is 12.6 Å². The van der Waals surface area contributed by atoms with Crippen LogP contribution in [0.25, 0.3) is 0 Å². The minimum absolute atomic E-state index is 0.0237.